The zero-order valence-electron chi connectivity index (χ0n) is 12.4. The van der Waals surface area contributed by atoms with Crippen molar-refractivity contribution in [3.05, 3.63) is 18.2 Å². The van der Waals surface area contributed by atoms with Crippen molar-refractivity contribution in [1.82, 2.24) is 19.8 Å². The maximum atomic E-state index is 12.3. The highest BCUT2D eigenvalue weighted by Gasteiger charge is 2.35. The molecule has 2 aliphatic rings. The average Bonchev–Trinajstić information content (AvgIpc) is 3.01. The molecule has 2 amide bonds. The molecule has 1 aromatic heterocycles. The Morgan fingerprint density at radius 1 is 1.55 bits per heavy atom. The normalized spacial score (nSPS) is 24.5. The number of imidazole rings is 1. The van der Waals surface area contributed by atoms with E-state index < -0.39 is 0 Å². The summed E-state index contributed by atoms with van der Waals surface area (Å²) in [5.41, 5.74) is 0.00810. The van der Waals surface area contributed by atoms with Gasteiger partial charge in [0.25, 0.3) is 0 Å². The molecule has 0 bridgehead atoms. The molecule has 5 heteroatoms. The van der Waals surface area contributed by atoms with Gasteiger partial charge in [-0.05, 0) is 39.0 Å². The van der Waals surface area contributed by atoms with Gasteiger partial charge in [0.1, 0.15) is 5.82 Å². The van der Waals surface area contributed by atoms with Gasteiger partial charge in [-0.2, -0.15) is 0 Å². The number of hydrogen-bond acceptors (Lipinski definition) is 2. The van der Waals surface area contributed by atoms with Crippen LogP contribution in [0.25, 0.3) is 0 Å². The third-order valence-electron chi connectivity index (χ3n) is 4.72. The van der Waals surface area contributed by atoms with Gasteiger partial charge in [0.2, 0.25) is 0 Å². The fourth-order valence-electron chi connectivity index (χ4n) is 3.41. The summed E-state index contributed by atoms with van der Waals surface area (Å²) < 4.78 is 2.21. The second kappa shape index (κ2) is 5.11. The van der Waals surface area contributed by atoms with Crippen molar-refractivity contribution in [1.29, 1.82) is 0 Å². The molecule has 1 aromatic rings. The fraction of sp³-hybridized carbons (Fsp3) is 0.733. The van der Waals surface area contributed by atoms with Crippen LogP contribution >= 0.6 is 0 Å². The molecule has 1 N–H and O–H groups in total. The van der Waals surface area contributed by atoms with E-state index in [2.05, 4.69) is 28.7 Å². The molecule has 0 saturated carbocycles. The van der Waals surface area contributed by atoms with E-state index in [1.165, 1.54) is 5.82 Å². The van der Waals surface area contributed by atoms with E-state index >= 15 is 0 Å². The molecule has 2 aliphatic heterocycles. The van der Waals surface area contributed by atoms with Crippen molar-refractivity contribution in [2.45, 2.75) is 51.6 Å². The van der Waals surface area contributed by atoms with Gasteiger partial charge in [0, 0.05) is 44.0 Å². The maximum absolute atomic E-state index is 12.3. The first-order chi connectivity index (χ1) is 9.56. The van der Waals surface area contributed by atoms with Crippen LogP contribution in [0.15, 0.2) is 12.4 Å². The molecule has 5 nitrogen and oxygen atoms in total. The molecular formula is C15H24N4O. The number of rotatable bonds is 2. The van der Waals surface area contributed by atoms with Crippen LogP contribution in [0.5, 0.6) is 0 Å². The molecule has 20 heavy (non-hydrogen) atoms. The van der Waals surface area contributed by atoms with Gasteiger partial charge in [0.15, 0.2) is 0 Å². The van der Waals surface area contributed by atoms with Crippen molar-refractivity contribution < 1.29 is 4.79 Å². The lowest BCUT2D eigenvalue weighted by molar-refractivity contribution is 0.162. The summed E-state index contributed by atoms with van der Waals surface area (Å²) in [5, 5.41) is 3.13. The van der Waals surface area contributed by atoms with Crippen molar-refractivity contribution in [3.63, 3.8) is 0 Å². The first-order valence-electron chi connectivity index (χ1n) is 7.62. The molecule has 3 rings (SSSR count). The number of carbonyl (C=O) groups excluding carboxylic acids is 1. The van der Waals surface area contributed by atoms with Gasteiger partial charge in [-0.3, -0.25) is 0 Å². The predicted molar refractivity (Wildman–Crippen MR) is 77.5 cm³/mol. The summed E-state index contributed by atoms with van der Waals surface area (Å²) in [6.45, 7) is 6.92. The number of amides is 2. The van der Waals surface area contributed by atoms with Gasteiger partial charge in [-0.25, -0.2) is 9.78 Å². The topological polar surface area (TPSA) is 50.2 Å². The Hall–Kier alpha value is -1.52. The van der Waals surface area contributed by atoms with Gasteiger partial charge >= 0.3 is 6.03 Å². The van der Waals surface area contributed by atoms with E-state index in [9.17, 15) is 4.79 Å². The molecule has 0 aromatic carbocycles. The largest absolute Gasteiger partial charge is 0.338 e. The molecule has 1 fully saturated rings. The highest BCUT2D eigenvalue weighted by Crippen LogP contribution is 2.28. The third-order valence-corrected chi connectivity index (χ3v) is 4.72. The molecule has 3 heterocycles. The lowest BCUT2D eigenvalue weighted by Crippen LogP contribution is -2.49. The SMILES string of the molecule is CC1(C)CCCN1C(=O)NC[C@H]1CCc2nccn2C1. The molecule has 1 saturated heterocycles. The third kappa shape index (κ3) is 2.53. The number of aromatic nitrogens is 2. The molecule has 1 atom stereocenters. The van der Waals surface area contributed by atoms with Crippen molar-refractivity contribution in [2.75, 3.05) is 13.1 Å². The fourth-order valence-corrected chi connectivity index (χ4v) is 3.41. The van der Waals surface area contributed by atoms with Crippen LogP contribution < -0.4 is 5.32 Å². The second-order valence-electron chi connectivity index (χ2n) is 6.65. The molecule has 0 aliphatic carbocycles. The lowest BCUT2D eigenvalue weighted by Gasteiger charge is -2.32. The number of aryl methyl sites for hydroxylation is 1. The van der Waals surface area contributed by atoms with E-state index in [0.29, 0.717) is 5.92 Å². The Morgan fingerprint density at radius 2 is 2.40 bits per heavy atom. The summed E-state index contributed by atoms with van der Waals surface area (Å²) in [4.78, 5) is 18.6. The minimum atomic E-state index is 0.00810. The Balaban J connectivity index is 1.52. The maximum Gasteiger partial charge on any atom is 0.317 e. The smallest absolute Gasteiger partial charge is 0.317 e. The molecule has 0 spiro atoms. The van der Waals surface area contributed by atoms with Crippen molar-refractivity contribution in [2.24, 2.45) is 5.92 Å². The van der Waals surface area contributed by atoms with Crippen LogP contribution in [0.1, 0.15) is 38.9 Å². The second-order valence-corrected chi connectivity index (χ2v) is 6.65. The number of hydrogen-bond donors (Lipinski definition) is 1. The lowest BCUT2D eigenvalue weighted by atomic mass is 9.99. The standard InChI is InChI=1S/C15H24N4O/c1-15(2)6-3-8-19(15)14(20)17-10-12-4-5-13-16-7-9-18(13)11-12/h7,9,12H,3-6,8,10-11H2,1-2H3,(H,17,20)/t12-/m1/s1. The minimum Gasteiger partial charge on any atom is -0.338 e. The first kappa shape index (κ1) is 13.5. The average molecular weight is 276 g/mol. The van der Waals surface area contributed by atoms with Crippen LogP contribution in [0, 0.1) is 5.92 Å². The van der Waals surface area contributed by atoms with Crippen LogP contribution in [0.3, 0.4) is 0 Å². The van der Waals surface area contributed by atoms with E-state index in [4.69, 9.17) is 0 Å². The summed E-state index contributed by atoms with van der Waals surface area (Å²) in [7, 11) is 0. The summed E-state index contributed by atoms with van der Waals surface area (Å²) in [6.07, 6.45) is 8.24. The summed E-state index contributed by atoms with van der Waals surface area (Å²) >= 11 is 0. The van der Waals surface area contributed by atoms with E-state index in [1.54, 1.807) is 0 Å². The zero-order chi connectivity index (χ0) is 14.2. The molecular weight excluding hydrogens is 252 g/mol. The Morgan fingerprint density at radius 3 is 3.15 bits per heavy atom. The van der Waals surface area contributed by atoms with Crippen LogP contribution in [-0.4, -0.2) is 39.1 Å². The van der Waals surface area contributed by atoms with Crippen molar-refractivity contribution in [3.8, 4) is 0 Å². The Bertz CT molecular complexity index is 494. The zero-order valence-corrected chi connectivity index (χ0v) is 12.4. The van der Waals surface area contributed by atoms with Gasteiger partial charge < -0.3 is 14.8 Å². The minimum absolute atomic E-state index is 0.00810. The number of urea groups is 1. The predicted octanol–water partition coefficient (Wildman–Crippen LogP) is 2.03. The van der Waals surface area contributed by atoms with Crippen LogP contribution in [0.2, 0.25) is 0 Å². The number of likely N-dealkylation sites (tertiary alicyclic amines) is 1. The number of nitrogens with zero attached hydrogens (tertiary/aromatic N) is 3. The molecule has 110 valence electrons. The summed E-state index contributed by atoms with van der Waals surface area (Å²) in [6, 6.07) is 0.101. The number of fused-ring (bicyclic) bond motifs is 1. The first-order valence-corrected chi connectivity index (χ1v) is 7.62. The summed E-state index contributed by atoms with van der Waals surface area (Å²) in [5.74, 6) is 1.69. The van der Waals surface area contributed by atoms with Crippen molar-refractivity contribution >= 4 is 6.03 Å². The number of nitrogens with one attached hydrogen (secondary N) is 1. The van der Waals surface area contributed by atoms with E-state index in [1.807, 2.05) is 17.3 Å². The highest BCUT2D eigenvalue weighted by atomic mass is 16.2. The van der Waals surface area contributed by atoms with Gasteiger partial charge in [-0.1, -0.05) is 0 Å². The Labute approximate surface area is 120 Å². The van der Waals surface area contributed by atoms with E-state index in [-0.39, 0.29) is 11.6 Å². The monoisotopic (exact) mass is 276 g/mol. The van der Waals surface area contributed by atoms with Crippen LogP contribution in [-0.2, 0) is 13.0 Å². The quantitative estimate of drug-likeness (QED) is 0.898. The molecule has 0 radical (unpaired) electrons. The molecule has 0 unspecified atom stereocenters. The van der Waals surface area contributed by atoms with Gasteiger partial charge in [0.05, 0.1) is 0 Å². The van der Waals surface area contributed by atoms with Crippen LogP contribution in [0.4, 0.5) is 4.79 Å². The Kier molecular flexibility index (Phi) is 3.44. The highest BCUT2D eigenvalue weighted by molar-refractivity contribution is 5.75. The van der Waals surface area contributed by atoms with Gasteiger partial charge in [-0.15, -0.1) is 0 Å². The van der Waals surface area contributed by atoms with E-state index in [0.717, 1.165) is 45.3 Å². The number of carbonyl (C=O) groups is 1.